The van der Waals surface area contributed by atoms with Gasteiger partial charge in [-0.1, -0.05) is 26.7 Å². The van der Waals surface area contributed by atoms with Crippen LogP contribution in [-0.2, 0) is 16.4 Å². The summed E-state index contributed by atoms with van der Waals surface area (Å²) in [5.74, 6) is 0.868. The number of sulfonamides is 1. The molecular formula is C15H23NO4S. The first-order valence-electron chi connectivity index (χ1n) is 7.41. The zero-order chi connectivity index (χ0) is 15.5. The van der Waals surface area contributed by atoms with Gasteiger partial charge in [0.1, 0.15) is 5.75 Å². The van der Waals surface area contributed by atoms with Crippen molar-refractivity contribution in [1.82, 2.24) is 4.72 Å². The molecule has 0 amide bonds. The van der Waals surface area contributed by atoms with Crippen LogP contribution in [0.4, 0.5) is 0 Å². The Bertz CT molecular complexity index is 581. The SMILES string of the molecule is CCC(CC)C(O)CNS(=O)(=O)c1ccc2c(c1)CCO2. The Kier molecular flexibility index (Phi) is 5.24. The molecule has 0 radical (unpaired) electrons. The fourth-order valence-corrected chi connectivity index (χ4v) is 3.71. The molecule has 0 saturated heterocycles. The maximum Gasteiger partial charge on any atom is 0.240 e. The number of rotatable bonds is 7. The molecule has 0 aromatic heterocycles. The van der Waals surface area contributed by atoms with E-state index in [1.165, 1.54) is 6.07 Å². The maximum absolute atomic E-state index is 12.3. The summed E-state index contributed by atoms with van der Waals surface area (Å²) in [5, 5.41) is 10.0. The smallest absolute Gasteiger partial charge is 0.240 e. The van der Waals surface area contributed by atoms with Gasteiger partial charge in [-0.3, -0.25) is 0 Å². The molecule has 1 aliphatic rings. The third-order valence-electron chi connectivity index (χ3n) is 4.05. The Balaban J connectivity index is 2.05. The van der Waals surface area contributed by atoms with Crippen LogP contribution in [0.15, 0.2) is 23.1 Å². The standard InChI is InChI=1S/C15H23NO4S/c1-3-11(4-2)14(17)10-16-21(18,19)13-5-6-15-12(9-13)7-8-20-15/h5-6,9,11,14,16-17H,3-4,7-8,10H2,1-2H3. The summed E-state index contributed by atoms with van der Waals surface area (Å²) in [6.45, 7) is 4.63. The van der Waals surface area contributed by atoms with Crippen LogP contribution in [0.2, 0.25) is 0 Å². The Morgan fingerprint density at radius 2 is 2.05 bits per heavy atom. The van der Waals surface area contributed by atoms with Crippen LogP contribution >= 0.6 is 0 Å². The van der Waals surface area contributed by atoms with E-state index >= 15 is 0 Å². The van der Waals surface area contributed by atoms with E-state index in [9.17, 15) is 13.5 Å². The van der Waals surface area contributed by atoms with Crippen molar-refractivity contribution in [3.05, 3.63) is 23.8 Å². The summed E-state index contributed by atoms with van der Waals surface area (Å²) in [4.78, 5) is 0.225. The predicted octanol–water partition coefficient (Wildman–Crippen LogP) is 1.70. The van der Waals surface area contributed by atoms with Crippen LogP contribution in [0.5, 0.6) is 5.75 Å². The number of fused-ring (bicyclic) bond motifs is 1. The number of nitrogens with one attached hydrogen (secondary N) is 1. The average molecular weight is 313 g/mol. The van der Waals surface area contributed by atoms with Gasteiger partial charge in [0.25, 0.3) is 0 Å². The topological polar surface area (TPSA) is 75.6 Å². The zero-order valence-electron chi connectivity index (χ0n) is 12.5. The van der Waals surface area contributed by atoms with Gasteiger partial charge in [-0.05, 0) is 29.7 Å². The van der Waals surface area contributed by atoms with Crippen LogP contribution in [0.3, 0.4) is 0 Å². The Morgan fingerprint density at radius 3 is 2.71 bits per heavy atom. The summed E-state index contributed by atoms with van der Waals surface area (Å²) in [7, 11) is -3.59. The van der Waals surface area contributed by atoms with Gasteiger partial charge in [0.2, 0.25) is 10.0 Å². The van der Waals surface area contributed by atoms with Gasteiger partial charge in [-0.25, -0.2) is 13.1 Å². The van der Waals surface area contributed by atoms with Crippen molar-refractivity contribution in [2.75, 3.05) is 13.2 Å². The molecule has 1 unspecified atom stereocenters. The van der Waals surface area contributed by atoms with Crippen molar-refractivity contribution in [3.63, 3.8) is 0 Å². The van der Waals surface area contributed by atoms with Gasteiger partial charge in [0.05, 0.1) is 17.6 Å². The average Bonchev–Trinajstić information content (AvgIpc) is 2.94. The lowest BCUT2D eigenvalue weighted by Gasteiger charge is -2.20. The van der Waals surface area contributed by atoms with Crippen molar-refractivity contribution in [3.8, 4) is 5.75 Å². The minimum absolute atomic E-state index is 0.0439. The highest BCUT2D eigenvalue weighted by Gasteiger charge is 2.22. The Hall–Kier alpha value is -1.11. The predicted molar refractivity (Wildman–Crippen MR) is 80.9 cm³/mol. The van der Waals surface area contributed by atoms with E-state index in [1.54, 1.807) is 12.1 Å². The number of ether oxygens (including phenoxy) is 1. The molecule has 6 heteroatoms. The van der Waals surface area contributed by atoms with E-state index in [1.807, 2.05) is 13.8 Å². The molecule has 0 aliphatic carbocycles. The normalized spacial score (nSPS) is 15.8. The molecule has 1 atom stereocenters. The zero-order valence-corrected chi connectivity index (χ0v) is 13.3. The number of aliphatic hydroxyl groups is 1. The highest BCUT2D eigenvalue weighted by molar-refractivity contribution is 7.89. The highest BCUT2D eigenvalue weighted by atomic mass is 32.2. The molecule has 5 nitrogen and oxygen atoms in total. The van der Waals surface area contributed by atoms with Crippen molar-refractivity contribution in [2.24, 2.45) is 5.92 Å². The van der Waals surface area contributed by atoms with Gasteiger partial charge in [0.15, 0.2) is 0 Å². The molecule has 21 heavy (non-hydrogen) atoms. The lowest BCUT2D eigenvalue weighted by molar-refractivity contribution is 0.107. The lowest BCUT2D eigenvalue weighted by atomic mass is 9.97. The number of benzene rings is 1. The fourth-order valence-electron chi connectivity index (χ4n) is 2.61. The monoisotopic (exact) mass is 313 g/mol. The van der Waals surface area contributed by atoms with E-state index in [2.05, 4.69) is 4.72 Å². The molecule has 1 aromatic rings. The molecule has 0 saturated carbocycles. The summed E-state index contributed by atoms with van der Waals surface area (Å²) in [5.41, 5.74) is 0.915. The van der Waals surface area contributed by atoms with Crippen LogP contribution in [-0.4, -0.2) is 32.8 Å². The number of hydrogen-bond acceptors (Lipinski definition) is 4. The second-order valence-electron chi connectivity index (χ2n) is 5.36. The lowest BCUT2D eigenvalue weighted by Crippen LogP contribution is -2.36. The Labute approximate surface area is 126 Å². The molecule has 1 aliphatic heterocycles. The molecule has 1 aromatic carbocycles. The first-order valence-corrected chi connectivity index (χ1v) is 8.89. The van der Waals surface area contributed by atoms with E-state index < -0.39 is 16.1 Å². The molecule has 0 spiro atoms. The van der Waals surface area contributed by atoms with Crippen LogP contribution < -0.4 is 9.46 Å². The maximum atomic E-state index is 12.3. The quantitative estimate of drug-likeness (QED) is 0.803. The van der Waals surface area contributed by atoms with Gasteiger partial charge in [-0.15, -0.1) is 0 Å². The van der Waals surface area contributed by atoms with Crippen LogP contribution in [0.1, 0.15) is 32.3 Å². The minimum atomic E-state index is -3.59. The van der Waals surface area contributed by atoms with E-state index in [4.69, 9.17) is 4.74 Å². The van der Waals surface area contributed by atoms with Crippen molar-refractivity contribution in [2.45, 2.75) is 44.1 Å². The van der Waals surface area contributed by atoms with Crippen LogP contribution in [0, 0.1) is 5.92 Å². The molecule has 1 heterocycles. The van der Waals surface area contributed by atoms with Crippen molar-refractivity contribution < 1.29 is 18.3 Å². The summed E-state index contributed by atoms with van der Waals surface area (Å²) in [6, 6.07) is 4.87. The number of hydrogen-bond donors (Lipinski definition) is 2. The second kappa shape index (κ2) is 6.77. The molecule has 2 N–H and O–H groups in total. The van der Waals surface area contributed by atoms with Crippen molar-refractivity contribution in [1.29, 1.82) is 0 Å². The first-order chi connectivity index (χ1) is 9.97. The molecular weight excluding hydrogens is 290 g/mol. The Morgan fingerprint density at radius 1 is 1.33 bits per heavy atom. The number of aliphatic hydroxyl groups excluding tert-OH is 1. The molecule has 118 valence electrons. The summed E-state index contributed by atoms with van der Waals surface area (Å²) in [6.07, 6.45) is 1.73. The minimum Gasteiger partial charge on any atom is -0.493 e. The largest absolute Gasteiger partial charge is 0.493 e. The van der Waals surface area contributed by atoms with Gasteiger partial charge >= 0.3 is 0 Å². The molecule has 0 bridgehead atoms. The summed E-state index contributed by atoms with van der Waals surface area (Å²) >= 11 is 0. The molecule has 2 rings (SSSR count). The van der Waals surface area contributed by atoms with Gasteiger partial charge in [-0.2, -0.15) is 0 Å². The van der Waals surface area contributed by atoms with E-state index in [0.717, 1.165) is 30.6 Å². The fraction of sp³-hybridized carbons (Fsp3) is 0.600. The second-order valence-corrected chi connectivity index (χ2v) is 7.13. The molecule has 0 fully saturated rings. The first kappa shape index (κ1) is 16.3. The van der Waals surface area contributed by atoms with Gasteiger partial charge in [0, 0.05) is 13.0 Å². The van der Waals surface area contributed by atoms with Crippen molar-refractivity contribution >= 4 is 10.0 Å². The van der Waals surface area contributed by atoms with E-state index in [-0.39, 0.29) is 17.4 Å². The van der Waals surface area contributed by atoms with Gasteiger partial charge < -0.3 is 9.84 Å². The summed E-state index contributed by atoms with van der Waals surface area (Å²) < 4.78 is 32.4. The van der Waals surface area contributed by atoms with E-state index in [0.29, 0.717) is 6.61 Å². The van der Waals surface area contributed by atoms with Crippen LogP contribution in [0.25, 0.3) is 0 Å². The highest BCUT2D eigenvalue weighted by Crippen LogP contribution is 2.27. The third kappa shape index (κ3) is 3.75. The third-order valence-corrected chi connectivity index (χ3v) is 5.47.